The number of sulfonamides is 1. The lowest BCUT2D eigenvalue weighted by molar-refractivity contribution is 0.354. The Morgan fingerprint density at radius 2 is 1.54 bits per heavy atom. The lowest BCUT2D eigenvalue weighted by Gasteiger charge is -2.11. The third kappa shape index (κ3) is 4.11. The van der Waals surface area contributed by atoms with Crippen molar-refractivity contribution in [2.45, 2.75) is 11.4 Å². The summed E-state index contributed by atoms with van der Waals surface area (Å²) in [6.07, 6.45) is 0. The van der Waals surface area contributed by atoms with Crippen LogP contribution in [0.4, 0.5) is 0 Å². The van der Waals surface area contributed by atoms with E-state index in [1.54, 1.807) is 18.2 Å². The molecule has 2 aromatic rings. The van der Waals surface area contributed by atoms with Crippen LogP contribution in [0.3, 0.4) is 0 Å². The summed E-state index contributed by atoms with van der Waals surface area (Å²) in [5.41, 5.74) is 0.732. The highest BCUT2D eigenvalue weighted by molar-refractivity contribution is 7.89. The van der Waals surface area contributed by atoms with Gasteiger partial charge in [-0.3, -0.25) is 0 Å². The number of rotatable bonds is 7. The van der Waals surface area contributed by atoms with E-state index in [-0.39, 0.29) is 16.5 Å². The van der Waals surface area contributed by atoms with Gasteiger partial charge in [0.15, 0.2) is 11.5 Å². The van der Waals surface area contributed by atoms with Gasteiger partial charge in [-0.15, -0.1) is 0 Å². The van der Waals surface area contributed by atoms with Crippen molar-refractivity contribution in [2.75, 3.05) is 21.3 Å². The van der Waals surface area contributed by atoms with Gasteiger partial charge in [-0.05, 0) is 35.9 Å². The topological polar surface area (TPSA) is 73.9 Å². The van der Waals surface area contributed by atoms with E-state index < -0.39 is 10.0 Å². The Kier molecular flexibility index (Phi) is 5.93. The standard InChI is InChI=1S/C16H18ClNO5S/c1-21-14-7-5-12(9-13(14)17)24(19,20)18-10-11-4-6-15(22-2)16(8-11)23-3/h4-9,18H,10H2,1-3H3. The molecule has 0 aliphatic heterocycles. The number of nitrogens with one attached hydrogen (secondary N) is 1. The quantitative estimate of drug-likeness (QED) is 0.810. The Morgan fingerprint density at radius 3 is 2.12 bits per heavy atom. The van der Waals surface area contributed by atoms with Crippen molar-refractivity contribution in [3.63, 3.8) is 0 Å². The Morgan fingerprint density at radius 1 is 0.917 bits per heavy atom. The zero-order chi connectivity index (χ0) is 17.7. The Labute approximate surface area is 146 Å². The van der Waals surface area contributed by atoms with Crippen LogP contribution in [-0.4, -0.2) is 29.7 Å². The fraction of sp³-hybridized carbons (Fsp3) is 0.250. The van der Waals surface area contributed by atoms with Crippen molar-refractivity contribution in [1.29, 1.82) is 0 Å². The van der Waals surface area contributed by atoms with E-state index in [2.05, 4.69) is 4.72 Å². The van der Waals surface area contributed by atoms with Crippen molar-refractivity contribution >= 4 is 21.6 Å². The first-order chi connectivity index (χ1) is 11.4. The molecule has 0 saturated heterocycles. The molecule has 0 fully saturated rings. The predicted molar refractivity (Wildman–Crippen MR) is 91.6 cm³/mol. The monoisotopic (exact) mass is 371 g/mol. The van der Waals surface area contributed by atoms with E-state index >= 15 is 0 Å². The largest absolute Gasteiger partial charge is 0.495 e. The minimum absolute atomic E-state index is 0.0637. The summed E-state index contributed by atoms with van der Waals surface area (Å²) in [4.78, 5) is 0.0637. The normalized spacial score (nSPS) is 11.2. The summed E-state index contributed by atoms with van der Waals surface area (Å²) in [7, 11) is 0.814. The third-order valence-corrected chi connectivity index (χ3v) is 5.04. The van der Waals surface area contributed by atoms with Crippen LogP contribution in [0.15, 0.2) is 41.3 Å². The minimum atomic E-state index is -3.70. The van der Waals surface area contributed by atoms with Gasteiger partial charge in [-0.2, -0.15) is 0 Å². The second-order valence-corrected chi connectivity index (χ2v) is 6.98. The lowest BCUT2D eigenvalue weighted by Crippen LogP contribution is -2.23. The molecule has 0 bridgehead atoms. The van der Waals surface area contributed by atoms with Crippen LogP contribution in [0, 0.1) is 0 Å². The van der Waals surface area contributed by atoms with Crippen molar-refractivity contribution < 1.29 is 22.6 Å². The van der Waals surface area contributed by atoms with E-state index in [0.717, 1.165) is 5.56 Å². The summed E-state index contributed by atoms with van der Waals surface area (Å²) in [5.74, 6) is 1.52. The van der Waals surface area contributed by atoms with Crippen molar-refractivity contribution in [2.24, 2.45) is 0 Å². The molecule has 0 aliphatic rings. The van der Waals surface area contributed by atoms with E-state index in [0.29, 0.717) is 17.2 Å². The van der Waals surface area contributed by atoms with Gasteiger partial charge in [-0.1, -0.05) is 17.7 Å². The SMILES string of the molecule is COc1ccc(S(=O)(=O)NCc2ccc(OC)c(OC)c2)cc1Cl. The van der Waals surface area contributed by atoms with Gasteiger partial charge in [0.25, 0.3) is 0 Å². The molecule has 2 rings (SSSR count). The summed E-state index contributed by atoms with van der Waals surface area (Å²) in [5, 5.41) is 0.228. The highest BCUT2D eigenvalue weighted by Crippen LogP contribution is 2.28. The predicted octanol–water partition coefficient (Wildman–Crippen LogP) is 2.84. The fourth-order valence-corrected chi connectivity index (χ4v) is 3.43. The number of hydrogen-bond donors (Lipinski definition) is 1. The molecule has 24 heavy (non-hydrogen) atoms. The minimum Gasteiger partial charge on any atom is -0.495 e. The number of hydrogen-bond acceptors (Lipinski definition) is 5. The number of methoxy groups -OCH3 is 3. The molecule has 0 radical (unpaired) electrons. The summed E-state index contributed by atoms with van der Waals surface area (Å²) in [6, 6.07) is 9.46. The molecule has 0 saturated carbocycles. The van der Waals surface area contributed by atoms with Crippen LogP contribution in [0.25, 0.3) is 0 Å². The molecule has 0 heterocycles. The third-order valence-electron chi connectivity index (χ3n) is 3.35. The van der Waals surface area contributed by atoms with Crippen molar-refractivity contribution in [1.82, 2.24) is 4.72 Å². The molecular formula is C16H18ClNO5S. The molecule has 0 amide bonds. The van der Waals surface area contributed by atoms with Gasteiger partial charge in [0, 0.05) is 6.54 Å². The molecule has 1 N–H and O–H groups in total. The van der Waals surface area contributed by atoms with Gasteiger partial charge >= 0.3 is 0 Å². The van der Waals surface area contributed by atoms with E-state index in [4.69, 9.17) is 25.8 Å². The highest BCUT2D eigenvalue weighted by atomic mass is 35.5. The maximum absolute atomic E-state index is 12.4. The maximum atomic E-state index is 12.4. The molecular weight excluding hydrogens is 354 g/mol. The average Bonchev–Trinajstić information content (AvgIpc) is 2.59. The molecule has 0 aliphatic carbocycles. The smallest absolute Gasteiger partial charge is 0.240 e. The number of benzene rings is 2. The van der Waals surface area contributed by atoms with E-state index in [1.165, 1.54) is 39.5 Å². The molecule has 0 aromatic heterocycles. The van der Waals surface area contributed by atoms with Crippen LogP contribution in [0.5, 0.6) is 17.2 Å². The van der Waals surface area contributed by atoms with Crippen LogP contribution in [-0.2, 0) is 16.6 Å². The zero-order valence-electron chi connectivity index (χ0n) is 13.5. The average molecular weight is 372 g/mol. The second-order valence-electron chi connectivity index (χ2n) is 4.81. The number of halogens is 1. The van der Waals surface area contributed by atoms with Gasteiger partial charge in [0.1, 0.15) is 5.75 Å². The van der Waals surface area contributed by atoms with Crippen LogP contribution < -0.4 is 18.9 Å². The molecule has 130 valence electrons. The maximum Gasteiger partial charge on any atom is 0.240 e. The highest BCUT2D eigenvalue weighted by Gasteiger charge is 2.16. The molecule has 0 unspecified atom stereocenters. The number of ether oxygens (including phenoxy) is 3. The van der Waals surface area contributed by atoms with Crippen molar-refractivity contribution in [3.8, 4) is 17.2 Å². The van der Waals surface area contributed by atoms with Gasteiger partial charge in [0.05, 0.1) is 31.2 Å². The Balaban J connectivity index is 2.17. The van der Waals surface area contributed by atoms with Gasteiger partial charge < -0.3 is 14.2 Å². The van der Waals surface area contributed by atoms with E-state index in [1.807, 2.05) is 0 Å². The van der Waals surface area contributed by atoms with Crippen LogP contribution in [0.2, 0.25) is 5.02 Å². The van der Waals surface area contributed by atoms with Gasteiger partial charge in [-0.25, -0.2) is 13.1 Å². The summed E-state index contributed by atoms with van der Waals surface area (Å²) in [6.45, 7) is 0.104. The van der Waals surface area contributed by atoms with Gasteiger partial charge in [0.2, 0.25) is 10.0 Å². The molecule has 0 atom stereocenters. The van der Waals surface area contributed by atoms with E-state index in [9.17, 15) is 8.42 Å². The Hall–Kier alpha value is -1.96. The van der Waals surface area contributed by atoms with Crippen molar-refractivity contribution in [3.05, 3.63) is 47.0 Å². The van der Waals surface area contributed by atoms with Crippen LogP contribution >= 0.6 is 11.6 Å². The first-order valence-electron chi connectivity index (χ1n) is 6.95. The first-order valence-corrected chi connectivity index (χ1v) is 8.81. The Bertz CT molecular complexity index is 823. The molecule has 2 aromatic carbocycles. The summed E-state index contributed by atoms with van der Waals surface area (Å²) < 4.78 is 42.6. The van der Waals surface area contributed by atoms with Crippen LogP contribution in [0.1, 0.15) is 5.56 Å². The molecule has 8 heteroatoms. The molecule has 6 nitrogen and oxygen atoms in total. The molecule has 0 spiro atoms. The fourth-order valence-electron chi connectivity index (χ4n) is 2.07. The first kappa shape index (κ1) is 18.4. The zero-order valence-corrected chi connectivity index (χ0v) is 15.1. The second kappa shape index (κ2) is 7.74. The summed E-state index contributed by atoms with van der Waals surface area (Å²) >= 11 is 5.98. The lowest BCUT2D eigenvalue weighted by atomic mass is 10.2.